The van der Waals surface area contributed by atoms with E-state index in [2.05, 4.69) is 4.99 Å². The van der Waals surface area contributed by atoms with Gasteiger partial charge < -0.3 is 9.47 Å². The zero-order chi connectivity index (χ0) is 17.8. The summed E-state index contributed by atoms with van der Waals surface area (Å²) in [5.41, 5.74) is 1.85. The predicted molar refractivity (Wildman–Crippen MR) is 107 cm³/mol. The van der Waals surface area contributed by atoms with Crippen LogP contribution in [-0.4, -0.2) is 23.9 Å². The largest absolute Gasteiger partial charge is 0.490 e. The van der Waals surface area contributed by atoms with E-state index in [1.54, 1.807) is 23.9 Å². The molecule has 1 heterocycles. The smallest absolute Gasteiger partial charge is 0.180 e. The van der Waals surface area contributed by atoms with Gasteiger partial charge in [0, 0.05) is 17.9 Å². The topological polar surface area (TPSA) is 30.8 Å². The van der Waals surface area contributed by atoms with Crippen molar-refractivity contribution in [2.24, 2.45) is 4.99 Å². The van der Waals surface area contributed by atoms with Gasteiger partial charge in [0.05, 0.1) is 26.7 Å². The van der Waals surface area contributed by atoms with Gasteiger partial charge in [-0.25, -0.2) is 0 Å². The second-order valence-electron chi connectivity index (χ2n) is 5.29. The molecule has 0 unspecified atom stereocenters. The molecule has 1 aliphatic rings. The molecule has 0 saturated carbocycles. The number of hydrogen-bond acceptors (Lipinski definition) is 4. The molecule has 3 rings (SSSR count). The Morgan fingerprint density at radius 1 is 1.04 bits per heavy atom. The molecule has 0 bridgehead atoms. The van der Waals surface area contributed by atoms with Crippen LogP contribution < -0.4 is 9.47 Å². The molecule has 0 aliphatic carbocycles. The maximum absolute atomic E-state index is 6.46. The first-order valence-corrected chi connectivity index (χ1v) is 9.91. The highest BCUT2D eigenvalue weighted by molar-refractivity contribution is 8.14. The second-order valence-corrected chi connectivity index (χ2v) is 7.60. The number of aliphatic imine (C=N–C) groups is 1. The fourth-order valence-corrected chi connectivity index (χ4v) is 3.82. The fourth-order valence-electron chi connectivity index (χ4n) is 2.39. The van der Waals surface area contributed by atoms with Gasteiger partial charge in [0.2, 0.25) is 0 Å². The molecule has 2 aromatic carbocycles. The summed E-state index contributed by atoms with van der Waals surface area (Å²) in [7, 11) is 0. The third-order valence-electron chi connectivity index (χ3n) is 3.51. The van der Waals surface area contributed by atoms with E-state index in [4.69, 9.17) is 44.3 Å². The van der Waals surface area contributed by atoms with Crippen LogP contribution in [0.1, 0.15) is 18.1 Å². The molecule has 0 aromatic heterocycles. The van der Waals surface area contributed by atoms with Crippen molar-refractivity contribution in [2.45, 2.75) is 13.5 Å². The molecule has 7 heteroatoms. The van der Waals surface area contributed by atoms with Gasteiger partial charge in [-0.1, -0.05) is 40.9 Å². The van der Waals surface area contributed by atoms with Gasteiger partial charge in [-0.3, -0.25) is 4.99 Å². The Morgan fingerprint density at radius 2 is 1.88 bits per heavy atom. The summed E-state index contributed by atoms with van der Waals surface area (Å²) in [4.78, 5) is 4.49. The highest BCUT2D eigenvalue weighted by Crippen LogP contribution is 2.39. The minimum Gasteiger partial charge on any atom is -0.490 e. The van der Waals surface area contributed by atoms with Crippen molar-refractivity contribution < 1.29 is 9.47 Å². The van der Waals surface area contributed by atoms with Crippen LogP contribution >= 0.6 is 46.6 Å². The molecule has 0 spiro atoms. The summed E-state index contributed by atoms with van der Waals surface area (Å²) in [6.45, 7) is 3.58. The fraction of sp³-hybridized carbons (Fsp3) is 0.278. The van der Waals surface area contributed by atoms with Crippen LogP contribution in [0.4, 0.5) is 0 Å². The van der Waals surface area contributed by atoms with E-state index in [1.165, 1.54) is 0 Å². The second kappa shape index (κ2) is 8.54. The molecule has 3 nitrogen and oxygen atoms in total. The van der Waals surface area contributed by atoms with Gasteiger partial charge in [0.1, 0.15) is 6.61 Å². The van der Waals surface area contributed by atoms with Gasteiger partial charge in [0.25, 0.3) is 0 Å². The van der Waals surface area contributed by atoms with E-state index in [0.717, 1.165) is 28.5 Å². The molecule has 2 aromatic rings. The Balaban J connectivity index is 1.85. The third kappa shape index (κ3) is 4.56. The normalized spacial score (nSPS) is 13.7. The van der Waals surface area contributed by atoms with Gasteiger partial charge >= 0.3 is 0 Å². The summed E-state index contributed by atoms with van der Waals surface area (Å²) in [5.74, 6) is 2.12. The highest BCUT2D eigenvalue weighted by Gasteiger charge is 2.17. The van der Waals surface area contributed by atoms with E-state index in [9.17, 15) is 0 Å². The Labute approximate surface area is 166 Å². The summed E-state index contributed by atoms with van der Waals surface area (Å²) < 4.78 is 11.6. The van der Waals surface area contributed by atoms with Gasteiger partial charge in [-0.05, 0) is 36.8 Å². The van der Waals surface area contributed by atoms with Gasteiger partial charge in [0.15, 0.2) is 11.5 Å². The van der Waals surface area contributed by atoms with Crippen LogP contribution in [-0.2, 0) is 6.61 Å². The monoisotopic (exact) mass is 415 g/mol. The van der Waals surface area contributed by atoms with E-state index in [1.807, 2.05) is 25.1 Å². The van der Waals surface area contributed by atoms with E-state index >= 15 is 0 Å². The molecule has 132 valence electrons. The van der Waals surface area contributed by atoms with E-state index in [-0.39, 0.29) is 0 Å². The highest BCUT2D eigenvalue weighted by atomic mass is 35.5. The Morgan fingerprint density at radius 3 is 2.56 bits per heavy atom. The molecule has 0 radical (unpaired) electrons. The van der Waals surface area contributed by atoms with Crippen LogP contribution in [0.5, 0.6) is 11.5 Å². The van der Waals surface area contributed by atoms with Crippen molar-refractivity contribution in [1.82, 2.24) is 0 Å². The Hall–Kier alpha value is -1.07. The molecule has 0 amide bonds. The minimum absolute atomic E-state index is 0.311. The SMILES string of the molecule is CCOc1cc(C2=NCCS2)cc(Cl)c1OCc1ccc(Cl)c(Cl)c1. The number of rotatable bonds is 6. The Bertz CT molecular complexity index is 811. The lowest BCUT2D eigenvalue weighted by Crippen LogP contribution is -2.03. The molecule has 0 N–H and O–H groups in total. The summed E-state index contributed by atoms with van der Waals surface area (Å²) in [6.07, 6.45) is 0. The third-order valence-corrected chi connectivity index (χ3v) is 5.55. The predicted octanol–water partition coefficient (Wildman–Crippen LogP) is 6.12. The number of hydrogen-bond donors (Lipinski definition) is 0. The van der Waals surface area contributed by atoms with Crippen LogP contribution in [0.2, 0.25) is 15.1 Å². The molecule has 0 saturated heterocycles. The first kappa shape index (κ1) is 18.7. The van der Waals surface area contributed by atoms with Crippen molar-refractivity contribution >= 4 is 51.6 Å². The first-order chi connectivity index (χ1) is 12.1. The number of ether oxygens (including phenoxy) is 2. The first-order valence-electron chi connectivity index (χ1n) is 7.79. The van der Waals surface area contributed by atoms with Gasteiger partial charge in [-0.2, -0.15) is 0 Å². The number of nitrogens with zero attached hydrogens (tertiary/aromatic N) is 1. The summed E-state index contributed by atoms with van der Waals surface area (Å²) >= 11 is 20.2. The standard InChI is InChI=1S/C18H16Cl3NO2S/c1-2-23-16-9-12(18-22-5-6-25-18)8-15(21)17(16)24-10-11-3-4-13(19)14(20)7-11/h3-4,7-9H,2,5-6,10H2,1H3. The summed E-state index contributed by atoms with van der Waals surface area (Å²) in [5, 5.41) is 2.48. The molecule has 0 atom stereocenters. The lowest BCUT2D eigenvalue weighted by atomic mass is 10.2. The van der Waals surface area contributed by atoms with Crippen molar-refractivity contribution in [1.29, 1.82) is 0 Å². The Kier molecular flexibility index (Phi) is 6.39. The van der Waals surface area contributed by atoms with Crippen LogP contribution in [0.15, 0.2) is 35.3 Å². The van der Waals surface area contributed by atoms with Crippen LogP contribution in [0.25, 0.3) is 0 Å². The lowest BCUT2D eigenvalue weighted by molar-refractivity contribution is 0.269. The lowest BCUT2D eigenvalue weighted by Gasteiger charge is -2.15. The minimum atomic E-state index is 0.311. The quantitative estimate of drug-likeness (QED) is 0.568. The van der Waals surface area contributed by atoms with Crippen molar-refractivity contribution in [3.05, 3.63) is 56.5 Å². The average Bonchev–Trinajstić information content (AvgIpc) is 3.12. The molecule has 1 aliphatic heterocycles. The molecule has 25 heavy (non-hydrogen) atoms. The van der Waals surface area contributed by atoms with Gasteiger partial charge in [-0.15, -0.1) is 11.8 Å². The molecular weight excluding hydrogens is 401 g/mol. The van der Waals surface area contributed by atoms with Crippen molar-refractivity contribution in [3.63, 3.8) is 0 Å². The maximum Gasteiger partial charge on any atom is 0.180 e. The van der Waals surface area contributed by atoms with E-state index < -0.39 is 0 Å². The van der Waals surface area contributed by atoms with Crippen LogP contribution in [0, 0.1) is 0 Å². The van der Waals surface area contributed by atoms with Crippen molar-refractivity contribution in [2.75, 3.05) is 18.9 Å². The zero-order valence-corrected chi connectivity index (χ0v) is 16.6. The van der Waals surface area contributed by atoms with E-state index in [0.29, 0.717) is 39.8 Å². The average molecular weight is 417 g/mol. The zero-order valence-electron chi connectivity index (χ0n) is 13.5. The van der Waals surface area contributed by atoms with Crippen molar-refractivity contribution in [3.8, 4) is 11.5 Å². The van der Waals surface area contributed by atoms with Crippen LogP contribution in [0.3, 0.4) is 0 Å². The molecular formula is C18H16Cl3NO2S. The maximum atomic E-state index is 6.46. The number of halogens is 3. The number of thioether (sulfide) groups is 1. The molecule has 0 fully saturated rings. The number of benzene rings is 2. The summed E-state index contributed by atoms with van der Waals surface area (Å²) in [6, 6.07) is 9.17.